The second-order valence-corrected chi connectivity index (χ2v) is 8.61. The predicted molar refractivity (Wildman–Crippen MR) is 98.3 cm³/mol. The summed E-state index contributed by atoms with van der Waals surface area (Å²) in [6, 6.07) is 7.38. The van der Waals surface area contributed by atoms with Gasteiger partial charge in [0.1, 0.15) is 12.2 Å². The average molecular weight is 399 g/mol. The van der Waals surface area contributed by atoms with Crippen molar-refractivity contribution in [2.45, 2.75) is 4.90 Å². The van der Waals surface area contributed by atoms with Gasteiger partial charge in [-0.15, -0.1) is 16.2 Å². The second kappa shape index (κ2) is 7.63. The zero-order chi connectivity index (χ0) is 17.9. The van der Waals surface area contributed by atoms with Crippen LogP contribution in [-0.2, 0) is 19.6 Å². The Morgan fingerprint density at radius 2 is 2.08 bits per heavy atom. The number of carbonyl (C=O) groups excluding carboxylic acids is 1. The summed E-state index contributed by atoms with van der Waals surface area (Å²) >= 11 is 7.36. The third kappa shape index (κ3) is 4.65. The zero-order valence-corrected chi connectivity index (χ0v) is 15.5. The average Bonchev–Trinajstić information content (AvgIpc) is 2.59. The molecule has 25 heavy (non-hydrogen) atoms. The number of carbonyl (C=O) groups is 1. The number of halogens is 1. The van der Waals surface area contributed by atoms with E-state index in [1.807, 2.05) is 12.1 Å². The van der Waals surface area contributed by atoms with E-state index in [1.54, 1.807) is 29.3 Å². The molecule has 0 N–H and O–H groups in total. The first-order chi connectivity index (χ1) is 11.9. The normalized spacial score (nSPS) is 18.2. The van der Waals surface area contributed by atoms with Gasteiger partial charge in [-0.25, -0.2) is 13.2 Å². The maximum absolute atomic E-state index is 12.3. The van der Waals surface area contributed by atoms with Gasteiger partial charge in [0.05, 0.1) is 5.75 Å². The van der Waals surface area contributed by atoms with Crippen LogP contribution in [0.25, 0.3) is 0 Å². The first kappa shape index (κ1) is 18.0. The highest BCUT2D eigenvalue weighted by molar-refractivity contribution is 7.99. The Morgan fingerprint density at radius 1 is 1.32 bits per heavy atom. The number of nitrogens with zero attached hydrogens (tertiary/aromatic N) is 2. The molecule has 0 aromatic heterocycles. The Hall–Kier alpha value is -1.77. The number of hydrogen-bond donors (Lipinski definition) is 0. The lowest BCUT2D eigenvalue weighted by atomic mass is 10.1. The molecule has 6 nitrogen and oxygen atoms in total. The Bertz CT molecular complexity index is 861. The molecular weight excluding hydrogens is 384 g/mol. The first-order valence-corrected chi connectivity index (χ1v) is 10.5. The third-order valence-electron chi connectivity index (χ3n) is 3.48. The highest BCUT2D eigenvalue weighted by atomic mass is 35.5. The van der Waals surface area contributed by atoms with Crippen LogP contribution in [0.2, 0.25) is 5.02 Å². The molecular formula is C16H15ClN2O4S2. The molecule has 2 aliphatic rings. The Morgan fingerprint density at radius 3 is 2.84 bits per heavy atom. The number of amidine groups is 1. The van der Waals surface area contributed by atoms with Gasteiger partial charge in [-0.05, 0) is 36.4 Å². The van der Waals surface area contributed by atoms with E-state index >= 15 is 0 Å². The van der Waals surface area contributed by atoms with Gasteiger partial charge in [-0.1, -0.05) is 11.6 Å². The monoisotopic (exact) mass is 398 g/mol. The van der Waals surface area contributed by atoms with Crippen LogP contribution in [-0.4, -0.2) is 49.8 Å². The van der Waals surface area contributed by atoms with Crippen molar-refractivity contribution in [3.63, 3.8) is 0 Å². The smallest absolute Gasteiger partial charge is 0.341 e. The van der Waals surface area contributed by atoms with Crippen molar-refractivity contribution in [2.24, 2.45) is 4.40 Å². The van der Waals surface area contributed by atoms with Gasteiger partial charge in [0.15, 0.2) is 5.84 Å². The summed E-state index contributed by atoms with van der Waals surface area (Å²) in [6.07, 6.45) is 4.89. The number of sulfonamides is 1. The summed E-state index contributed by atoms with van der Waals surface area (Å²) in [5.41, 5.74) is 0.155. The third-order valence-corrected chi connectivity index (χ3v) is 5.85. The number of esters is 1. The molecule has 1 aromatic rings. The van der Waals surface area contributed by atoms with Crippen LogP contribution in [0.1, 0.15) is 0 Å². The quantitative estimate of drug-likeness (QED) is 0.431. The van der Waals surface area contributed by atoms with E-state index in [-0.39, 0.29) is 30.3 Å². The molecule has 0 atom stereocenters. The van der Waals surface area contributed by atoms with Gasteiger partial charge in [-0.3, -0.25) is 0 Å². The molecule has 0 spiro atoms. The minimum Gasteiger partial charge on any atom is -0.461 e. The Balaban J connectivity index is 1.57. The molecule has 0 fully saturated rings. The van der Waals surface area contributed by atoms with E-state index < -0.39 is 16.0 Å². The Labute approximate surface area is 155 Å². The van der Waals surface area contributed by atoms with Crippen molar-refractivity contribution in [3.8, 4) is 0 Å². The van der Waals surface area contributed by atoms with Gasteiger partial charge in [0.2, 0.25) is 0 Å². The van der Waals surface area contributed by atoms with Gasteiger partial charge >= 0.3 is 5.97 Å². The van der Waals surface area contributed by atoms with Crippen molar-refractivity contribution < 1.29 is 17.9 Å². The first-order valence-electron chi connectivity index (χ1n) is 7.48. The van der Waals surface area contributed by atoms with E-state index in [9.17, 15) is 13.2 Å². The van der Waals surface area contributed by atoms with E-state index in [0.29, 0.717) is 10.8 Å². The summed E-state index contributed by atoms with van der Waals surface area (Å²) in [7, 11) is -3.54. The maximum Gasteiger partial charge on any atom is 0.341 e. The van der Waals surface area contributed by atoms with Crippen LogP contribution in [0, 0.1) is 0 Å². The molecule has 0 bridgehead atoms. The number of benzene rings is 1. The van der Waals surface area contributed by atoms with E-state index in [0.717, 1.165) is 4.90 Å². The standard InChI is InChI=1S/C16H15ClN2O4S2/c17-12-3-5-13(6-4-12)24-10-9-23-16(20)14-2-1-7-19-8-11-25(21,22)18-15(14)19/h1-7H,8-11H2. The van der Waals surface area contributed by atoms with Crippen LogP contribution >= 0.6 is 23.4 Å². The molecule has 1 aromatic carbocycles. The fourth-order valence-corrected chi connectivity index (χ4v) is 4.12. The molecule has 0 saturated heterocycles. The molecule has 9 heteroatoms. The molecule has 3 rings (SSSR count). The summed E-state index contributed by atoms with van der Waals surface area (Å²) in [6.45, 7) is 0.474. The number of hydrogen-bond acceptors (Lipinski definition) is 6. The van der Waals surface area contributed by atoms with Crippen molar-refractivity contribution in [1.29, 1.82) is 0 Å². The van der Waals surface area contributed by atoms with E-state index in [4.69, 9.17) is 16.3 Å². The number of fused-ring (bicyclic) bond motifs is 1. The van der Waals surface area contributed by atoms with E-state index in [2.05, 4.69) is 4.40 Å². The number of rotatable bonds is 5. The molecule has 2 heterocycles. The second-order valence-electron chi connectivity index (χ2n) is 5.25. The van der Waals surface area contributed by atoms with Gasteiger partial charge < -0.3 is 9.64 Å². The lowest BCUT2D eigenvalue weighted by Gasteiger charge is -2.28. The number of allylic oxidation sites excluding steroid dienone is 2. The molecule has 2 aliphatic heterocycles. The van der Waals surface area contributed by atoms with Crippen LogP contribution in [0.15, 0.2) is 57.5 Å². The molecule has 132 valence electrons. The molecule has 0 saturated carbocycles. The highest BCUT2D eigenvalue weighted by Gasteiger charge is 2.30. The summed E-state index contributed by atoms with van der Waals surface area (Å²) in [5.74, 6) is 0.0531. The lowest BCUT2D eigenvalue weighted by molar-refractivity contribution is -0.137. The van der Waals surface area contributed by atoms with Crippen LogP contribution in [0.3, 0.4) is 0 Å². The predicted octanol–water partition coefficient (Wildman–Crippen LogP) is 2.47. The summed E-state index contributed by atoms with van der Waals surface area (Å²) in [5, 5.41) is 0.667. The van der Waals surface area contributed by atoms with Crippen molar-refractivity contribution >= 4 is 45.2 Å². The van der Waals surface area contributed by atoms with Crippen LogP contribution < -0.4 is 0 Å². The van der Waals surface area contributed by atoms with Crippen molar-refractivity contribution in [2.75, 3.05) is 24.7 Å². The molecule has 0 radical (unpaired) electrons. The minimum absolute atomic E-state index is 0.0686. The van der Waals surface area contributed by atoms with Gasteiger partial charge in [0.25, 0.3) is 10.0 Å². The minimum atomic E-state index is -3.54. The SMILES string of the molecule is O=C(OCCSc1ccc(Cl)cc1)C1=CC=CN2CCS(=O)(=O)N=C12. The number of ether oxygens (including phenoxy) is 1. The maximum atomic E-state index is 12.3. The fraction of sp³-hybridized carbons (Fsp3) is 0.250. The van der Waals surface area contributed by atoms with Gasteiger partial charge in [-0.2, -0.15) is 0 Å². The number of thioether (sulfide) groups is 1. The zero-order valence-electron chi connectivity index (χ0n) is 13.1. The fourth-order valence-electron chi connectivity index (χ4n) is 2.28. The van der Waals surface area contributed by atoms with Crippen molar-refractivity contribution in [3.05, 3.63) is 53.2 Å². The van der Waals surface area contributed by atoms with E-state index in [1.165, 1.54) is 17.8 Å². The van der Waals surface area contributed by atoms with Crippen LogP contribution in [0.5, 0.6) is 0 Å². The topological polar surface area (TPSA) is 76.0 Å². The van der Waals surface area contributed by atoms with Gasteiger partial charge in [0, 0.05) is 28.4 Å². The molecule has 0 amide bonds. The molecule has 0 aliphatic carbocycles. The lowest BCUT2D eigenvalue weighted by Crippen LogP contribution is -2.40. The van der Waals surface area contributed by atoms with Crippen molar-refractivity contribution in [1.82, 2.24) is 4.90 Å². The van der Waals surface area contributed by atoms with Crippen LogP contribution in [0.4, 0.5) is 0 Å². The highest BCUT2D eigenvalue weighted by Crippen LogP contribution is 2.21. The molecule has 0 unspecified atom stereocenters. The Kier molecular flexibility index (Phi) is 5.51. The summed E-state index contributed by atoms with van der Waals surface area (Å²) < 4.78 is 32.3. The summed E-state index contributed by atoms with van der Waals surface area (Å²) in [4.78, 5) is 14.9. The largest absolute Gasteiger partial charge is 0.461 e.